The van der Waals surface area contributed by atoms with Crippen molar-refractivity contribution in [1.29, 1.82) is 0 Å². The largest absolute Gasteiger partial charge is 0.416 e. The molecule has 25 heavy (non-hydrogen) atoms. The number of halogens is 3. The number of hydrogen-bond donors (Lipinski definition) is 1. The summed E-state index contributed by atoms with van der Waals surface area (Å²) in [5, 5.41) is 4.12. The number of carbonyl (C=O) groups is 1. The van der Waals surface area contributed by atoms with Crippen molar-refractivity contribution in [3.8, 4) is 5.69 Å². The van der Waals surface area contributed by atoms with Gasteiger partial charge < -0.3 is 10.6 Å². The van der Waals surface area contributed by atoms with Crippen molar-refractivity contribution in [3.05, 3.63) is 47.3 Å². The first-order valence-corrected chi connectivity index (χ1v) is 8.04. The molecule has 0 saturated carbocycles. The first-order valence-electron chi connectivity index (χ1n) is 8.04. The molecule has 0 bridgehead atoms. The van der Waals surface area contributed by atoms with Gasteiger partial charge in [0.1, 0.15) is 0 Å². The second-order valence-corrected chi connectivity index (χ2v) is 6.23. The lowest BCUT2D eigenvalue weighted by molar-refractivity contribution is -0.137. The summed E-state index contributed by atoms with van der Waals surface area (Å²) in [5.74, 6) is -0.164. The minimum Gasteiger partial charge on any atom is -0.338 e. The average Bonchev–Trinajstić information content (AvgIpc) is 2.96. The Balaban J connectivity index is 1.88. The number of aromatic nitrogens is 2. The van der Waals surface area contributed by atoms with Gasteiger partial charge in [-0.05, 0) is 38.0 Å². The number of nitrogens with two attached hydrogens (primary N) is 1. The summed E-state index contributed by atoms with van der Waals surface area (Å²) in [6, 6.07) is 4.99. The van der Waals surface area contributed by atoms with Crippen LogP contribution in [0.3, 0.4) is 0 Å². The van der Waals surface area contributed by atoms with Crippen molar-refractivity contribution in [1.82, 2.24) is 14.7 Å². The molecule has 3 rings (SSSR count). The van der Waals surface area contributed by atoms with Crippen LogP contribution >= 0.6 is 0 Å². The predicted molar refractivity (Wildman–Crippen MR) is 86.4 cm³/mol. The van der Waals surface area contributed by atoms with Gasteiger partial charge in [-0.25, -0.2) is 4.68 Å². The lowest BCUT2D eigenvalue weighted by Gasteiger charge is -2.30. The smallest absolute Gasteiger partial charge is 0.338 e. The first-order chi connectivity index (χ1) is 11.8. The maximum absolute atomic E-state index is 12.9. The van der Waals surface area contributed by atoms with E-state index < -0.39 is 11.7 Å². The van der Waals surface area contributed by atoms with Gasteiger partial charge in [0, 0.05) is 19.1 Å². The number of piperidine rings is 1. The highest BCUT2D eigenvalue weighted by atomic mass is 19.4. The van der Waals surface area contributed by atoms with Crippen LogP contribution in [0.25, 0.3) is 5.69 Å². The molecule has 134 valence electrons. The van der Waals surface area contributed by atoms with E-state index in [1.807, 2.05) is 0 Å². The van der Waals surface area contributed by atoms with Crippen LogP contribution in [0.4, 0.5) is 13.2 Å². The van der Waals surface area contributed by atoms with Crippen LogP contribution in [-0.2, 0) is 6.18 Å². The van der Waals surface area contributed by atoms with Crippen molar-refractivity contribution in [2.24, 2.45) is 5.73 Å². The zero-order valence-electron chi connectivity index (χ0n) is 13.8. The molecule has 1 saturated heterocycles. The van der Waals surface area contributed by atoms with Crippen LogP contribution in [0.1, 0.15) is 34.5 Å². The van der Waals surface area contributed by atoms with Crippen molar-refractivity contribution in [2.75, 3.05) is 13.1 Å². The number of hydrogen-bond acceptors (Lipinski definition) is 3. The van der Waals surface area contributed by atoms with Crippen molar-refractivity contribution in [3.63, 3.8) is 0 Å². The van der Waals surface area contributed by atoms with Gasteiger partial charge in [0.2, 0.25) is 0 Å². The van der Waals surface area contributed by atoms with E-state index in [2.05, 4.69) is 5.10 Å². The molecule has 0 unspecified atom stereocenters. The van der Waals surface area contributed by atoms with Gasteiger partial charge in [-0.2, -0.15) is 18.3 Å². The normalized spacial score (nSPS) is 16.3. The first kappa shape index (κ1) is 17.5. The number of alkyl halides is 3. The number of amides is 1. The number of benzene rings is 1. The van der Waals surface area contributed by atoms with E-state index in [9.17, 15) is 18.0 Å². The topological polar surface area (TPSA) is 64.2 Å². The van der Waals surface area contributed by atoms with E-state index in [-0.39, 0.29) is 17.6 Å². The Bertz CT molecular complexity index is 776. The fraction of sp³-hybridized carbons (Fsp3) is 0.412. The summed E-state index contributed by atoms with van der Waals surface area (Å²) in [4.78, 5) is 14.4. The fourth-order valence-corrected chi connectivity index (χ4v) is 2.97. The minimum atomic E-state index is -4.43. The Hall–Kier alpha value is -2.35. The molecule has 0 aliphatic carbocycles. The Morgan fingerprint density at radius 1 is 1.28 bits per heavy atom. The molecule has 1 fully saturated rings. The zero-order valence-corrected chi connectivity index (χ0v) is 13.8. The SMILES string of the molecule is Cc1c(C(=O)N2CCC(N)CC2)cnn1-c1cccc(C(F)(F)F)c1. The number of likely N-dealkylation sites (tertiary alicyclic amines) is 1. The Morgan fingerprint density at radius 3 is 2.60 bits per heavy atom. The van der Waals surface area contributed by atoms with Crippen molar-refractivity contribution >= 4 is 5.91 Å². The zero-order chi connectivity index (χ0) is 18.2. The molecule has 1 aliphatic rings. The Morgan fingerprint density at radius 2 is 1.96 bits per heavy atom. The molecule has 0 radical (unpaired) electrons. The monoisotopic (exact) mass is 352 g/mol. The van der Waals surface area contributed by atoms with Gasteiger partial charge in [0.25, 0.3) is 5.91 Å². The molecule has 1 aliphatic heterocycles. The molecular weight excluding hydrogens is 333 g/mol. The standard InChI is InChI=1S/C17H19F3N4O/c1-11-15(16(25)23-7-5-13(21)6-8-23)10-22-24(11)14-4-2-3-12(9-14)17(18,19)20/h2-4,9-10,13H,5-8,21H2,1H3. The van der Waals surface area contributed by atoms with Gasteiger partial charge in [-0.3, -0.25) is 4.79 Å². The molecule has 8 heteroatoms. The lowest BCUT2D eigenvalue weighted by Crippen LogP contribution is -2.42. The average molecular weight is 352 g/mol. The van der Waals surface area contributed by atoms with E-state index in [0.717, 1.165) is 25.0 Å². The molecule has 2 heterocycles. The highest BCUT2D eigenvalue weighted by Crippen LogP contribution is 2.30. The highest BCUT2D eigenvalue weighted by Gasteiger charge is 2.31. The number of nitrogens with zero attached hydrogens (tertiary/aromatic N) is 3. The summed E-state index contributed by atoms with van der Waals surface area (Å²) in [7, 11) is 0. The van der Waals surface area contributed by atoms with E-state index in [1.54, 1.807) is 11.8 Å². The van der Waals surface area contributed by atoms with Crippen LogP contribution in [0.15, 0.2) is 30.5 Å². The Labute approximate surface area is 143 Å². The van der Waals surface area contributed by atoms with Gasteiger partial charge >= 0.3 is 6.18 Å². The van der Waals surface area contributed by atoms with E-state index >= 15 is 0 Å². The van der Waals surface area contributed by atoms with Gasteiger partial charge in [0.05, 0.1) is 28.7 Å². The van der Waals surface area contributed by atoms with Gasteiger partial charge in [0.15, 0.2) is 0 Å². The van der Waals surface area contributed by atoms with E-state index in [0.29, 0.717) is 24.3 Å². The Kier molecular flexibility index (Phi) is 4.55. The highest BCUT2D eigenvalue weighted by molar-refractivity contribution is 5.95. The maximum Gasteiger partial charge on any atom is 0.416 e. The van der Waals surface area contributed by atoms with Crippen molar-refractivity contribution in [2.45, 2.75) is 32.0 Å². The molecular formula is C17H19F3N4O. The maximum atomic E-state index is 12.9. The summed E-state index contributed by atoms with van der Waals surface area (Å²) < 4.78 is 40.0. The van der Waals surface area contributed by atoms with Gasteiger partial charge in [-0.1, -0.05) is 6.07 Å². The third-order valence-electron chi connectivity index (χ3n) is 4.49. The molecule has 1 amide bonds. The molecule has 2 aromatic rings. The summed E-state index contributed by atoms with van der Waals surface area (Å²) in [5.41, 5.74) is 6.28. The second kappa shape index (κ2) is 6.51. The molecule has 0 spiro atoms. The van der Waals surface area contributed by atoms with Crippen molar-refractivity contribution < 1.29 is 18.0 Å². The fourth-order valence-electron chi connectivity index (χ4n) is 2.97. The van der Waals surface area contributed by atoms with Crippen LogP contribution in [0.5, 0.6) is 0 Å². The number of carbonyl (C=O) groups excluding carboxylic acids is 1. The molecule has 0 atom stereocenters. The van der Waals surface area contributed by atoms with Crippen LogP contribution in [-0.4, -0.2) is 39.7 Å². The predicted octanol–water partition coefficient (Wildman–Crippen LogP) is 2.76. The van der Waals surface area contributed by atoms with Crippen LogP contribution < -0.4 is 5.73 Å². The molecule has 2 N–H and O–H groups in total. The summed E-state index contributed by atoms with van der Waals surface area (Å²) >= 11 is 0. The molecule has 1 aromatic heterocycles. The minimum absolute atomic E-state index is 0.109. The van der Waals surface area contributed by atoms with E-state index in [1.165, 1.54) is 23.0 Å². The second-order valence-electron chi connectivity index (χ2n) is 6.23. The number of rotatable bonds is 2. The van der Waals surface area contributed by atoms with Crippen LogP contribution in [0.2, 0.25) is 0 Å². The molecule has 1 aromatic carbocycles. The summed E-state index contributed by atoms with van der Waals surface area (Å²) in [6.45, 7) is 2.83. The molecule has 5 nitrogen and oxygen atoms in total. The van der Waals surface area contributed by atoms with Gasteiger partial charge in [-0.15, -0.1) is 0 Å². The summed E-state index contributed by atoms with van der Waals surface area (Å²) in [6.07, 6.45) is -1.53. The third-order valence-corrected chi connectivity index (χ3v) is 4.49. The third kappa shape index (κ3) is 3.53. The van der Waals surface area contributed by atoms with Crippen LogP contribution in [0, 0.1) is 6.92 Å². The lowest BCUT2D eigenvalue weighted by atomic mass is 10.1. The quantitative estimate of drug-likeness (QED) is 0.904. The van der Waals surface area contributed by atoms with E-state index in [4.69, 9.17) is 5.73 Å².